The molecule has 0 unspecified atom stereocenters. The first kappa shape index (κ1) is 11.2. The van der Waals surface area contributed by atoms with Gasteiger partial charge in [-0.05, 0) is 0 Å². The van der Waals surface area contributed by atoms with Gasteiger partial charge >= 0.3 is 0 Å². The van der Waals surface area contributed by atoms with Gasteiger partial charge in [-0.3, -0.25) is 0 Å². The second-order valence-corrected chi connectivity index (χ2v) is 4.82. The third-order valence-electron chi connectivity index (χ3n) is 0.905. The third-order valence-corrected chi connectivity index (χ3v) is 3.29. The van der Waals surface area contributed by atoms with E-state index in [1.165, 1.54) is 0 Å². The lowest BCUT2D eigenvalue weighted by molar-refractivity contribution is 0.598. The zero-order valence-electron chi connectivity index (χ0n) is 5.76. The number of halogens is 2. The molecule has 6 heteroatoms. The first-order chi connectivity index (χ1) is 5.02. The topological polar surface area (TPSA) is 60.2 Å². The van der Waals surface area contributed by atoms with Crippen LogP contribution in [0.25, 0.3) is 0 Å². The van der Waals surface area contributed by atoms with E-state index in [1.54, 1.807) is 0 Å². The molecule has 0 radical (unpaired) electrons. The summed E-state index contributed by atoms with van der Waals surface area (Å²) < 4.78 is 21.9. The van der Waals surface area contributed by atoms with Crippen LogP contribution in [0.4, 0.5) is 0 Å². The fourth-order valence-electron chi connectivity index (χ4n) is 0.493. The van der Waals surface area contributed by atoms with E-state index in [2.05, 4.69) is 0 Å². The van der Waals surface area contributed by atoms with Crippen molar-refractivity contribution in [2.24, 2.45) is 5.73 Å². The van der Waals surface area contributed by atoms with Gasteiger partial charge in [0.1, 0.15) is 0 Å². The SMILES string of the molecule is NCCS(=O)(=O)CC(Cl)=CCl. The lowest BCUT2D eigenvalue weighted by Gasteiger charge is -1.99. The number of rotatable bonds is 4. The molecule has 0 atom stereocenters. The molecule has 2 N–H and O–H groups in total. The first-order valence-electron chi connectivity index (χ1n) is 2.87. The van der Waals surface area contributed by atoms with Crippen LogP contribution in [0.1, 0.15) is 0 Å². The summed E-state index contributed by atoms with van der Waals surface area (Å²) in [6, 6.07) is 0. The summed E-state index contributed by atoms with van der Waals surface area (Å²) in [4.78, 5) is 0. The predicted octanol–water partition coefficient (Wildman–Crippen LogP) is 0.679. The molecule has 3 nitrogen and oxygen atoms in total. The molecule has 0 amide bonds. The summed E-state index contributed by atoms with van der Waals surface area (Å²) in [7, 11) is -3.15. The Balaban J connectivity index is 4.14. The van der Waals surface area contributed by atoms with Gasteiger partial charge in [-0.15, -0.1) is 0 Å². The molecule has 0 bridgehead atoms. The normalized spacial score (nSPS) is 13.5. The maximum absolute atomic E-state index is 10.9. The van der Waals surface area contributed by atoms with Gasteiger partial charge in [-0.2, -0.15) is 0 Å². The molecular weight excluding hydrogens is 209 g/mol. The van der Waals surface area contributed by atoms with E-state index in [-0.39, 0.29) is 23.1 Å². The molecule has 0 rings (SSSR count). The molecule has 66 valence electrons. The van der Waals surface area contributed by atoms with Crippen molar-refractivity contribution in [1.82, 2.24) is 0 Å². The predicted molar refractivity (Wildman–Crippen MR) is 47.5 cm³/mol. The van der Waals surface area contributed by atoms with E-state index in [9.17, 15) is 8.42 Å². The fraction of sp³-hybridized carbons (Fsp3) is 0.600. The maximum Gasteiger partial charge on any atom is 0.156 e. The van der Waals surface area contributed by atoms with Crippen LogP contribution in [-0.4, -0.2) is 26.5 Å². The molecule has 0 fully saturated rings. The van der Waals surface area contributed by atoms with E-state index in [0.717, 1.165) is 5.54 Å². The molecule has 0 aliphatic heterocycles. The van der Waals surface area contributed by atoms with Crippen molar-refractivity contribution >= 4 is 33.0 Å². The van der Waals surface area contributed by atoms with Gasteiger partial charge in [0.05, 0.1) is 11.5 Å². The quantitative estimate of drug-likeness (QED) is 0.754. The van der Waals surface area contributed by atoms with Crippen LogP contribution in [0.3, 0.4) is 0 Å². The van der Waals surface area contributed by atoms with E-state index in [4.69, 9.17) is 28.9 Å². The number of sulfone groups is 1. The molecule has 0 saturated carbocycles. The van der Waals surface area contributed by atoms with Crippen LogP contribution < -0.4 is 5.73 Å². The fourth-order valence-corrected chi connectivity index (χ4v) is 2.17. The zero-order chi connectivity index (χ0) is 8.91. The number of nitrogens with two attached hydrogens (primary N) is 1. The highest BCUT2D eigenvalue weighted by molar-refractivity contribution is 7.91. The van der Waals surface area contributed by atoms with E-state index >= 15 is 0 Å². The molecule has 11 heavy (non-hydrogen) atoms. The molecule has 0 aromatic carbocycles. The van der Waals surface area contributed by atoms with E-state index in [0.29, 0.717) is 0 Å². The number of hydrogen-bond donors (Lipinski definition) is 1. The van der Waals surface area contributed by atoms with Crippen LogP contribution >= 0.6 is 23.2 Å². The van der Waals surface area contributed by atoms with Crippen LogP contribution in [0.2, 0.25) is 0 Å². The molecule has 0 aliphatic rings. The van der Waals surface area contributed by atoms with Gasteiger partial charge in [0.15, 0.2) is 9.84 Å². The van der Waals surface area contributed by atoms with Gasteiger partial charge in [0.25, 0.3) is 0 Å². The lowest BCUT2D eigenvalue weighted by atomic mass is 10.7. The Bertz CT molecular complexity index is 235. The van der Waals surface area contributed by atoms with Gasteiger partial charge in [-0.25, -0.2) is 8.42 Å². The Labute approximate surface area is 76.1 Å². The molecule has 0 aromatic heterocycles. The average molecular weight is 218 g/mol. The summed E-state index contributed by atoms with van der Waals surface area (Å²) in [6.45, 7) is 0.106. The van der Waals surface area contributed by atoms with Crippen molar-refractivity contribution in [2.45, 2.75) is 0 Å². The second-order valence-electron chi connectivity index (χ2n) is 1.94. The summed E-state index contributed by atoms with van der Waals surface area (Å²) in [5, 5.41) is 0.111. The third kappa shape index (κ3) is 5.49. The zero-order valence-corrected chi connectivity index (χ0v) is 8.09. The highest BCUT2D eigenvalue weighted by atomic mass is 35.5. The Morgan fingerprint density at radius 3 is 2.45 bits per heavy atom. The molecule has 0 heterocycles. The van der Waals surface area contributed by atoms with Crippen molar-refractivity contribution < 1.29 is 8.42 Å². The minimum atomic E-state index is -3.15. The minimum absolute atomic E-state index is 0.0616. The van der Waals surface area contributed by atoms with Gasteiger partial charge in [0, 0.05) is 17.1 Å². The monoisotopic (exact) mass is 217 g/mol. The highest BCUT2D eigenvalue weighted by Gasteiger charge is 2.10. The Morgan fingerprint density at radius 2 is 2.09 bits per heavy atom. The van der Waals surface area contributed by atoms with Crippen molar-refractivity contribution in [3.05, 3.63) is 10.6 Å². The Hall–Kier alpha value is 0.230. The van der Waals surface area contributed by atoms with Crippen LogP contribution in [0.15, 0.2) is 10.6 Å². The summed E-state index contributed by atoms with van der Waals surface area (Å²) in [5.74, 6) is -0.288. The highest BCUT2D eigenvalue weighted by Crippen LogP contribution is 2.07. The summed E-state index contributed by atoms with van der Waals surface area (Å²) in [6.07, 6.45) is 0. The van der Waals surface area contributed by atoms with Crippen LogP contribution in [0, 0.1) is 0 Å². The molecule has 0 spiro atoms. The van der Waals surface area contributed by atoms with Crippen LogP contribution in [0.5, 0.6) is 0 Å². The molecule has 0 saturated heterocycles. The minimum Gasteiger partial charge on any atom is -0.329 e. The molecular formula is C5H9Cl2NO2S. The standard InChI is InChI=1S/C5H9Cl2NO2S/c6-3-5(7)4-11(9,10)2-1-8/h3H,1-2,4,8H2. The Morgan fingerprint density at radius 1 is 1.55 bits per heavy atom. The van der Waals surface area contributed by atoms with Gasteiger partial charge in [0.2, 0.25) is 0 Å². The van der Waals surface area contributed by atoms with E-state index in [1.807, 2.05) is 0 Å². The largest absolute Gasteiger partial charge is 0.329 e. The van der Waals surface area contributed by atoms with Crippen molar-refractivity contribution in [1.29, 1.82) is 0 Å². The van der Waals surface area contributed by atoms with E-state index < -0.39 is 9.84 Å². The van der Waals surface area contributed by atoms with Crippen molar-refractivity contribution in [3.8, 4) is 0 Å². The smallest absolute Gasteiger partial charge is 0.156 e. The second kappa shape index (κ2) is 4.98. The van der Waals surface area contributed by atoms with Gasteiger partial charge < -0.3 is 5.73 Å². The average Bonchev–Trinajstić information content (AvgIpc) is 1.86. The van der Waals surface area contributed by atoms with Crippen LogP contribution in [-0.2, 0) is 9.84 Å². The van der Waals surface area contributed by atoms with Gasteiger partial charge in [-0.1, -0.05) is 23.2 Å². The van der Waals surface area contributed by atoms with Crippen molar-refractivity contribution in [2.75, 3.05) is 18.1 Å². The lowest BCUT2D eigenvalue weighted by Crippen LogP contribution is -2.18. The van der Waals surface area contributed by atoms with Crippen molar-refractivity contribution in [3.63, 3.8) is 0 Å². The maximum atomic E-state index is 10.9. The molecule has 0 aromatic rings. The number of hydrogen-bond acceptors (Lipinski definition) is 3. The summed E-state index contributed by atoms with van der Waals surface area (Å²) >= 11 is 10.6. The Kier molecular flexibility index (Phi) is 5.08. The summed E-state index contributed by atoms with van der Waals surface area (Å²) in [5.41, 5.74) is 6.09. The first-order valence-corrected chi connectivity index (χ1v) is 5.50. The molecule has 0 aliphatic carbocycles.